The molecular formula is C13H22N2OS. The molecule has 1 heterocycles. The fraction of sp³-hybridized carbons (Fsp3) is 0.769. The van der Waals surface area contributed by atoms with Crippen LogP contribution in [-0.4, -0.2) is 11.4 Å². The van der Waals surface area contributed by atoms with Gasteiger partial charge in [0.15, 0.2) is 0 Å². The van der Waals surface area contributed by atoms with Gasteiger partial charge < -0.3 is 10.6 Å². The maximum atomic E-state index is 12.0. The Labute approximate surface area is 109 Å². The summed E-state index contributed by atoms with van der Waals surface area (Å²) < 4.78 is 0. The fourth-order valence-corrected chi connectivity index (χ4v) is 3.14. The molecule has 0 bridgehead atoms. The largest absolute Gasteiger partial charge is 0.360 e. The number of thiol groups is 1. The topological polar surface area (TPSA) is 41.1 Å². The Bertz CT molecular complexity index is 332. The van der Waals surface area contributed by atoms with Crippen molar-refractivity contribution in [2.24, 2.45) is 11.8 Å². The second-order valence-corrected chi connectivity index (χ2v) is 5.85. The third kappa shape index (κ3) is 2.79. The predicted molar refractivity (Wildman–Crippen MR) is 72.5 cm³/mol. The number of carbonyl (C=O) groups excluding carboxylic acids is 1. The molecule has 1 atom stereocenters. The molecule has 1 unspecified atom stereocenters. The highest BCUT2D eigenvalue weighted by Gasteiger charge is 2.31. The second kappa shape index (κ2) is 5.34. The Kier molecular flexibility index (Phi) is 4.02. The molecule has 17 heavy (non-hydrogen) atoms. The van der Waals surface area contributed by atoms with Gasteiger partial charge in [0.1, 0.15) is 5.50 Å². The minimum Gasteiger partial charge on any atom is -0.360 e. The highest BCUT2D eigenvalue weighted by molar-refractivity contribution is 7.80. The molecule has 3 nitrogen and oxygen atoms in total. The second-order valence-electron chi connectivity index (χ2n) is 5.34. The molecule has 1 fully saturated rings. The molecule has 96 valence electrons. The van der Waals surface area contributed by atoms with Gasteiger partial charge >= 0.3 is 0 Å². The molecular weight excluding hydrogens is 232 g/mol. The predicted octanol–water partition coefficient (Wildman–Crippen LogP) is 2.41. The van der Waals surface area contributed by atoms with E-state index in [0.717, 1.165) is 11.3 Å². The first-order valence-corrected chi connectivity index (χ1v) is 7.10. The van der Waals surface area contributed by atoms with Gasteiger partial charge in [-0.05, 0) is 24.7 Å². The van der Waals surface area contributed by atoms with E-state index in [-0.39, 0.29) is 17.3 Å². The highest BCUT2D eigenvalue weighted by atomic mass is 32.1. The number of carbonyl (C=O) groups is 1. The Morgan fingerprint density at radius 3 is 2.41 bits per heavy atom. The number of allylic oxidation sites excluding steroid dienone is 1. The minimum absolute atomic E-state index is 0.0549. The number of nitrogens with one attached hydrogen (secondary N) is 2. The standard InChI is InChI=1S/C13H22N2OS/c1-8(2)10-11(9-6-4-3-5-7-9)14-13(17)15-12(10)16/h8-9,13-14,17H,3-7H2,1-2H3,(H,15,16). The van der Waals surface area contributed by atoms with Crippen LogP contribution in [0.25, 0.3) is 0 Å². The SMILES string of the molecule is CC(C)C1=C(C2CCCCC2)NC(S)NC1=O. The molecule has 0 spiro atoms. The van der Waals surface area contributed by atoms with E-state index >= 15 is 0 Å². The van der Waals surface area contributed by atoms with Crippen molar-refractivity contribution in [3.05, 3.63) is 11.3 Å². The van der Waals surface area contributed by atoms with Crippen LogP contribution in [0.15, 0.2) is 11.3 Å². The third-order valence-electron chi connectivity index (χ3n) is 3.69. The Morgan fingerprint density at radius 2 is 1.82 bits per heavy atom. The maximum absolute atomic E-state index is 12.0. The van der Waals surface area contributed by atoms with E-state index in [9.17, 15) is 4.79 Å². The summed E-state index contributed by atoms with van der Waals surface area (Å²) in [6.45, 7) is 4.16. The van der Waals surface area contributed by atoms with Gasteiger partial charge in [-0.2, -0.15) is 0 Å². The zero-order valence-corrected chi connectivity index (χ0v) is 11.5. The first-order valence-electron chi connectivity index (χ1n) is 6.59. The van der Waals surface area contributed by atoms with E-state index < -0.39 is 0 Å². The molecule has 1 amide bonds. The summed E-state index contributed by atoms with van der Waals surface area (Å²) >= 11 is 4.33. The number of hydrogen-bond donors (Lipinski definition) is 3. The lowest BCUT2D eigenvalue weighted by Gasteiger charge is -2.34. The van der Waals surface area contributed by atoms with Crippen molar-refractivity contribution >= 4 is 18.5 Å². The van der Waals surface area contributed by atoms with Crippen molar-refractivity contribution in [3.63, 3.8) is 0 Å². The Morgan fingerprint density at radius 1 is 1.18 bits per heavy atom. The summed E-state index contributed by atoms with van der Waals surface area (Å²) in [5, 5.41) is 6.20. The average molecular weight is 254 g/mol. The molecule has 0 saturated heterocycles. The van der Waals surface area contributed by atoms with Crippen LogP contribution < -0.4 is 10.6 Å². The van der Waals surface area contributed by atoms with Gasteiger partial charge in [-0.1, -0.05) is 33.1 Å². The summed E-state index contributed by atoms with van der Waals surface area (Å²) in [5.41, 5.74) is 1.85. The normalized spacial score (nSPS) is 27.1. The summed E-state index contributed by atoms with van der Waals surface area (Å²) in [7, 11) is 0. The molecule has 1 aliphatic heterocycles. The first kappa shape index (κ1) is 12.8. The summed E-state index contributed by atoms with van der Waals surface area (Å²) in [6, 6.07) is 0. The van der Waals surface area contributed by atoms with Crippen LogP contribution in [0.5, 0.6) is 0 Å². The van der Waals surface area contributed by atoms with E-state index in [2.05, 4.69) is 37.1 Å². The minimum atomic E-state index is -0.234. The Hall–Kier alpha value is -0.640. The lowest BCUT2D eigenvalue weighted by molar-refractivity contribution is -0.118. The van der Waals surface area contributed by atoms with Crippen molar-refractivity contribution in [2.75, 3.05) is 0 Å². The number of hydrogen-bond acceptors (Lipinski definition) is 3. The Balaban J connectivity index is 2.28. The molecule has 2 aliphatic rings. The van der Waals surface area contributed by atoms with Gasteiger partial charge in [0.05, 0.1) is 0 Å². The van der Waals surface area contributed by atoms with Crippen molar-refractivity contribution in [1.29, 1.82) is 0 Å². The van der Waals surface area contributed by atoms with Crippen molar-refractivity contribution in [3.8, 4) is 0 Å². The van der Waals surface area contributed by atoms with Gasteiger partial charge in [-0.15, -0.1) is 12.6 Å². The van der Waals surface area contributed by atoms with E-state index in [1.807, 2.05) is 0 Å². The van der Waals surface area contributed by atoms with Gasteiger partial charge in [-0.3, -0.25) is 4.79 Å². The average Bonchev–Trinajstić information content (AvgIpc) is 2.28. The smallest absolute Gasteiger partial charge is 0.251 e. The van der Waals surface area contributed by atoms with E-state index in [1.165, 1.54) is 32.1 Å². The number of amides is 1. The lowest BCUT2D eigenvalue weighted by Crippen LogP contribution is -2.50. The molecule has 4 heteroatoms. The van der Waals surface area contributed by atoms with Crippen LogP contribution >= 0.6 is 12.6 Å². The molecule has 0 aromatic carbocycles. The van der Waals surface area contributed by atoms with Crippen LogP contribution in [0.3, 0.4) is 0 Å². The van der Waals surface area contributed by atoms with Gasteiger partial charge in [0.25, 0.3) is 5.91 Å². The van der Waals surface area contributed by atoms with Crippen LogP contribution in [0.2, 0.25) is 0 Å². The van der Waals surface area contributed by atoms with Crippen molar-refractivity contribution in [2.45, 2.75) is 51.4 Å². The fourth-order valence-electron chi connectivity index (χ4n) is 2.89. The first-order chi connectivity index (χ1) is 8.09. The lowest BCUT2D eigenvalue weighted by atomic mass is 9.82. The molecule has 1 aliphatic carbocycles. The third-order valence-corrected chi connectivity index (χ3v) is 3.94. The quantitative estimate of drug-likeness (QED) is 0.662. The molecule has 2 N–H and O–H groups in total. The summed E-state index contributed by atoms with van der Waals surface area (Å²) in [5.74, 6) is 0.849. The maximum Gasteiger partial charge on any atom is 0.251 e. The molecule has 1 saturated carbocycles. The highest BCUT2D eigenvalue weighted by Crippen LogP contribution is 2.33. The van der Waals surface area contributed by atoms with Crippen LogP contribution in [0, 0.1) is 11.8 Å². The van der Waals surface area contributed by atoms with E-state index in [0.29, 0.717) is 5.92 Å². The van der Waals surface area contributed by atoms with Crippen LogP contribution in [0.1, 0.15) is 46.0 Å². The van der Waals surface area contributed by atoms with Gasteiger partial charge in [0, 0.05) is 11.3 Å². The van der Waals surface area contributed by atoms with Gasteiger partial charge in [0.2, 0.25) is 0 Å². The monoisotopic (exact) mass is 254 g/mol. The van der Waals surface area contributed by atoms with E-state index in [4.69, 9.17) is 0 Å². The molecule has 2 rings (SSSR count). The van der Waals surface area contributed by atoms with Crippen molar-refractivity contribution in [1.82, 2.24) is 10.6 Å². The number of rotatable bonds is 2. The molecule has 0 radical (unpaired) electrons. The molecule has 0 aromatic rings. The summed E-state index contributed by atoms with van der Waals surface area (Å²) in [4.78, 5) is 12.0. The van der Waals surface area contributed by atoms with Crippen molar-refractivity contribution < 1.29 is 4.79 Å². The zero-order valence-electron chi connectivity index (χ0n) is 10.6. The van der Waals surface area contributed by atoms with E-state index in [1.54, 1.807) is 0 Å². The van der Waals surface area contributed by atoms with Gasteiger partial charge in [-0.25, -0.2) is 0 Å². The zero-order chi connectivity index (χ0) is 12.4. The molecule has 0 aromatic heterocycles. The van der Waals surface area contributed by atoms with Crippen LogP contribution in [0.4, 0.5) is 0 Å². The van der Waals surface area contributed by atoms with Crippen LogP contribution in [-0.2, 0) is 4.79 Å². The summed E-state index contributed by atoms with van der Waals surface area (Å²) in [6.07, 6.45) is 6.29.